The Hall–Kier alpha value is -2.12. The van der Waals surface area contributed by atoms with Crippen LogP contribution in [0.3, 0.4) is 0 Å². The fourth-order valence-electron chi connectivity index (χ4n) is 1.48. The van der Waals surface area contributed by atoms with Gasteiger partial charge >= 0.3 is 0 Å². The monoisotopic (exact) mass is 261 g/mol. The van der Waals surface area contributed by atoms with Crippen LogP contribution in [0.2, 0.25) is 5.02 Å². The van der Waals surface area contributed by atoms with Crippen molar-refractivity contribution in [2.45, 2.75) is 6.54 Å². The van der Waals surface area contributed by atoms with Crippen molar-refractivity contribution < 1.29 is 4.39 Å². The number of nitrogens with one attached hydrogen (secondary N) is 1. The van der Waals surface area contributed by atoms with E-state index in [2.05, 4.69) is 10.3 Å². The maximum absolute atomic E-state index is 13.0. The van der Waals surface area contributed by atoms with Crippen molar-refractivity contribution in [2.75, 3.05) is 5.32 Å². The van der Waals surface area contributed by atoms with E-state index in [-0.39, 0.29) is 5.82 Å². The van der Waals surface area contributed by atoms with Gasteiger partial charge in [-0.15, -0.1) is 0 Å². The van der Waals surface area contributed by atoms with E-state index in [9.17, 15) is 4.39 Å². The molecule has 18 heavy (non-hydrogen) atoms. The summed E-state index contributed by atoms with van der Waals surface area (Å²) in [5.41, 5.74) is 1.74. The molecule has 0 aliphatic heterocycles. The highest BCUT2D eigenvalue weighted by atomic mass is 35.5. The fraction of sp³-hybridized carbons (Fsp3) is 0.0769. The minimum atomic E-state index is -0.352. The molecule has 0 saturated carbocycles. The molecule has 1 aromatic carbocycles. The Morgan fingerprint density at radius 3 is 2.94 bits per heavy atom. The predicted molar refractivity (Wildman–Crippen MR) is 67.7 cm³/mol. The molecule has 0 unspecified atom stereocenters. The third kappa shape index (κ3) is 2.96. The molecule has 0 spiro atoms. The van der Waals surface area contributed by atoms with Crippen LogP contribution in [0.25, 0.3) is 0 Å². The van der Waals surface area contributed by atoms with Gasteiger partial charge in [-0.25, -0.2) is 9.37 Å². The van der Waals surface area contributed by atoms with Gasteiger partial charge in [0.05, 0.1) is 10.7 Å². The number of hydrogen-bond donors (Lipinski definition) is 1. The molecule has 0 radical (unpaired) electrons. The van der Waals surface area contributed by atoms with Crippen LogP contribution in [-0.4, -0.2) is 4.98 Å². The molecular formula is C13H9ClFN3. The van der Waals surface area contributed by atoms with Gasteiger partial charge in [0.25, 0.3) is 0 Å². The zero-order valence-corrected chi connectivity index (χ0v) is 10.1. The zero-order valence-electron chi connectivity index (χ0n) is 9.32. The topological polar surface area (TPSA) is 48.7 Å². The maximum Gasteiger partial charge on any atom is 0.140 e. The Morgan fingerprint density at radius 2 is 2.17 bits per heavy atom. The summed E-state index contributed by atoms with van der Waals surface area (Å²) in [6, 6.07) is 9.53. The average Bonchev–Trinajstić information content (AvgIpc) is 2.40. The molecule has 0 fully saturated rings. The van der Waals surface area contributed by atoms with Crippen LogP contribution in [-0.2, 0) is 6.54 Å². The minimum absolute atomic E-state index is 0.347. The highest BCUT2D eigenvalue weighted by molar-refractivity contribution is 6.33. The second-order valence-electron chi connectivity index (χ2n) is 3.64. The lowest BCUT2D eigenvalue weighted by atomic mass is 10.2. The number of pyridine rings is 1. The molecule has 0 amide bonds. The number of benzene rings is 1. The molecule has 1 aromatic heterocycles. The summed E-state index contributed by atoms with van der Waals surface area (Å²) in [7, 11) is 0. The van der Waals surface area contributed by atoms with Crippen LogP contribution in [0.1, 0.15) is 11.3 Å². The first kappa shape index (κ1) is 12.3. The summed E-state index contributed by atoms with van der Waals surface area (Å²) >= 11 is 5.93. The fourth-order valence-corrected chi connectivity index (χ4v) is 1.66. The summed E-state index contributed by atoms with van der Waals surface area (Å²) in [4.78, 5) is 3.87. The third-order valence-electron chi connectivity index (χ3n) is 2.35. The molecule has 0 saturated heterocycles. The van der Waals surface area contributed by atoms with E-state index in [1.165, 1.54) is 18.2 Å². The lowest BCUT2D eigenvalue weighted by Crippen LogP contribution is -2.01. The van der Waals surface area contributed by atoms with Gasteiger partial charge in [-0.2, -0.15) is 5.26 Å². The first-order valence-electron chi connectivity index (χ1n) is 5.23. The number of hydrogen-bond acceptors (Lipinski definition) is 3. The van der Waals surface area contributed by atoms with Gasteiger partial charge in [-0.1, -0.05) is 11.6 Å². The van der Waals surface area contributed by atoms with Gasteiger partial charge in [-0.3, -0.25) is 0 Å². The first-order valence-corrected chi connectivity index (χ1v) is 5.61. The van der Waals surface area contributed by atoms with E-state index < -0.39 is 0 Å². The standard InChI is InChI=1S/C13H9ClFN3/c14-12-2-1-10(15)6-13(12)18-8-9-3-4-17-11(5-9)7-16/h1-6,18H,8H2. The minimum Gasteiger partial charge on any atom is -0.380 e. The molecule has 0 aliphatic carbocycles. The van der Waals surface area contributed by atoms with Gasteiger partial charge in [0.2, 0.25) is 0 Å². The number of aromatic nitrogens is 1. The van der Waals surface area contributed by atoms with Gasteiger partial charge in [0, 0.05) is 12.7 Å². The lowest BCUT2D eigenvalue weighted by molar-refractivity contribution is 0.628. The van der Waals surface area contributed by atoms with Crippen molar-refractivity contribution in [3.8, 4) is 6.07 Å². The number of halogens is 2. The van der Waals surface area contributed by atoms with Crippen molar-refractivity contribution in [1.29, 1.82) is 5.26 Å². The summed E-state index contributed by atoms with van der Waals surface area (Å²) in [5.74, 6) is -0.352. The number of nitriles is 1. The van der Waals surface area contributed by atoms with Gasteiger partial charge in [0.1, 0.15) is 17.6 Å². The predicted octanol–water partition coefficient (Wildman–Crippen LogP) is 3.36. The Kier molecular flexibility index (Phi) is 3.75. The molecular weight excluding hydrogens is 253 g/mol. The Labute approximate surface area is 109 Å². The van der Waals surface area contributed by atoms with Crippen molar-refractivity contribution in [2.24, 2.45) is 0 Å². The Balaban J connectivity index is 2.11. The zero-order chi connectivity index (χ0) is 13.0. The van der Waals surface area contributed by atoms with Crippen molar-refractivity contribution in [3.63, 3.8) is 0 Å². The first-order chi connectivity index (χ1) is 8.69. The molecule has 2 aromatic rings. The van der Waals surface area contributed by atoms with Crippen LogP contribution in [0.5, 0.6) is 0 Å². The lowest BCUT2D eigenvalue weighted by Gasteiger charge is -2.08. The number of anilines is 1. The summed E-state index contributed by atoms with van der Waals surface area (Å²) in [5, 5.41) is 12.2. The molecule has 3 nitrogen and oxygen atoms in total. The largest absolute Gasteiger partial charge is 0.380 e. The summed E-state index contributed by atoms with van der Waals surface area (Å²) < 4.78 is 13.0. The van der Waals surface area contributed by atoms with Crippen LogP contribution in [0.4, 0.5) is 10.1 Å². The molecule has 1 N–H and O–H groups in total. The van der Waals surface area contributed by atoms with Crippen LogP contribution < -0.4 is 5.32 Å². The summed E-state index contributed by atoms with van der Waals surface area (Å²) in [6.45, 7) is 0.445. The van der Waals surface area contributed by atoms with E-state index in [0.717, 1.165) is 5.56 Å². The van der Waals surface area contributed by atoms with Gasteiger partial charge in [0.15, 0.2) is 0 Å². The molecule has 0 bridgehead atoms. The molecule has 0 aliphatic rings. The highest BCUT2D eigenvalue weighted by Crippen LogP contribution is 2.22. The number of nitrogens with zero attached hydrogens (tertiary/aromatic N) is 2. The van der Waals surface area contributed by atoms with Crippen LogP contribution in [0, 0.1) is 17.1 Å². The van der Waals surface area contributed by atoms with Crippen LogP contribution in [0.15, 0.2) is 36.5 Å². The highest BCUT2D eigenvalue weighted by Gasteiger charge is 2.02. The third-order valence-corrected chi connectivity index (χ3v) is 2.68. The Morgan fingerprint density at radius 1 is 1.33 bits per heavy atom. The Bertz CT molecular complexity index is 607. The molecule has 90 valence electrons. The number of rotatable bonds is 3. The van der Waals surface area contributed by atoms with E-state index in [4.69, 9.17) is 16.9 Å². The van der Waals surface area contributed by atoms with Crippen molar-refractivity contribution in [1.82, 2.24) is 4.98 Å². The van der Waals surface area contributed by atoms with Gasteiger partial charge < -0.3 is 5.32 Å². The smallest absolute Gasteiger partial charge is 0.140 e. The normalized spacial score (nSPS) is 9.83. The summed E-state index contributed by atoms with van der Waals surface area (Å²) in [6.07, 6.45) is 1.56. The molecule has 5 heteroatoms. The molecule has 2 rings (SSSR count). The molecule has 0 atom stereocenters. The SMILES string of the molecule is N#Cc1cc(CNc2cc(F)ccc2Cl)ccn1. The van der Waals surface area contributed by atoms with Crippen molar-refractivity contribution >= 4 is 17.3 Å². The van der Waals surface area contributed by atoms with Crippen LogP contribution >= 0.6 is 11.6 Å². The second-order valence-corrected chi connectivity index (χ2v) is 4.05. The maximum atomic E-state index is 13.0. The molecule has 1 heterocycles. The van der Waals surface area contributed by atoms with Crippen molar-refractivity contribution in [3.05, 3.63) is 58.6 Å². The average molecular weight is 262 g/mol. The second kappa shape index (κ2) is 5.48. The van der Waals surface area contributed by atoms with E-state index >= 15 is 0 Å². The quantitative estimate of drug-likeness (QED) is 0.922. The van der Waals surface area contributed by atoms with Gasteiger partial charge in [-0.05, 0) is 35.9 Å². The van der Waals surface area contributed by atoms with E-state index in [1.807, 2.05) is 6.07 Å². The van der Waals surface area contributed by atoms with E-state index in [0.29, 0.717) is 22.9 Å². The van der Waals surface area contributed by atoms with E-state index in [1.54, 1.807) is 18.3 Å².